The molecule has 4 rings (SSSR count). The van der Waals surface area contributed by atoms with Gasteiger partial charge in [0.25, 0.3) is 0 Å². The fourth-order valence-electron chi connectivity index (χ4n) is 4.59. The summed E-state index contributed by atoms with van der Waals surface area (Å²) in [5.41, 5.74) is 6.88. The van der Waals surface area contributed by atoms with Crippen LogP contribution in [0.4, 0.5) is 10.5 Å². The van der Waals surface area contributed by atoms with Gasteiger partial charge in [0.1, 0.15) is 0 Å². The molecule has 0 atom stereocenters. The number of carbonyl (C=O) groups is 1. The Labute approximate surface area is 155 Å². The highest BCUT2D eigenvalue weighted by Gasteiger charge is 2.25. The first-order chi connectivity index (χ1) is 12.2. The summed E-state index contributed by atoms with van der Waals surface area (Å²) in [5, 5.41) is 3.76. The van der Waals surface area contributed by atoms with Crippen LogP contribution in [0.5, 0.6) is 0 Å². The predicted octanol–water partition coefficient (Wildman–Crippen LogP) is 3.92. The van der Waals surface area contributed by atoms with E-state index in [1.165, 1.54) is 47.9 Å². The number of likely N-dealkylation sites (tertiary alicyclic amines) is 1. The lowest BCUT2D eigenvalue weighted by Gasteiger charge is -2.30. The van der Waals surface area contributed by atoms with E-state index in [4.69, 9.17) is 0 Å². The molecule has 2 aliphatic carbocycles. The number of piperidine rings is 1. The Hall–Kier alpha value is -1.20. The summed E-state index contributed by atoms with van der Waals surface area (Å²) >= 11 is 1.62. The average Bonchev–Trinajstić information content (AvgIpc) is 3.29. The summed E-state index contributed by atoms with van der Waals surface area (Å²) in [4.78, 5) is 15.0. The maximum Gasteiger partial charge on any atom is 0.329 e. The van der Waals surface area contributed by atoms with Crippen molar-refractivity contribution in [1.82, 2.24) is 9.62 Å². The van der Waals surface area contributed by atoms with Crippen LogP contribution in [-0.2, 0) is 25.7 Å². The van der Waals surface area contributed by atoms with Crippen molar-refractivity contribution in [3.05, 3.63) is 28.3 Å². The molecular formula is C20H29N3OS. The highest BCUT2D eigenvalue weighted by atomic mass is 32.2. The van der Waals surface area contributed by atoms with Gasteiger partial charge in [0.05, 0.1) is 0 Å². The number of nitrogens with zero attached hydrogens (tertiary/aromatic N) is 1. The SMILES string of the molecule is CCN1CCC(SNC(=O)Nc2c3c(cc4c2CCC4)CCC3)CC1. The number of amides is 2. The lowest BCUT2D eigenvalue weighted by atomic mass is 9.99. The Morgan fingerprint density at radius 2 is 1.76 bits per heavy atom. The molecular weight excluding hydrogens is 330 g/mol. The van der Waals surface area contributed by atoms with Gasteiger partial charge < -0.3 is 10.2 Å². The van der Waals surface area contributed by atoms with Crippen molar-refractivity contribution in [2.45, 2.75) is 63.5 Å². The number of hydrogen-bond acceptors (Lipinski definition) is 3. The lowest BCUT2D eigenvalue weighted by Crippen LogP contribution is -2.36. The van der Waals surface area contributed by atoms with Crippen molar-refractivity contribution in [1.29, 1.82) is 0 Å². The number of carbonyl (C=O) groups excluding carboxylic acids is 1. The first-order valence-corrected chi connectivity index (χ1v) is 10.7. The van der Waals surface area contributed by atoms with Gasteiger partial charge in [-0.3, -0.25) is 4.72 Å². The molecule has 0 saturated carbocycles. The van der Waals surface area contributed by atoms with E-state index in [2.05, 4.69) is 27.9 Å². The third-order valence-electron chi connectivity index (χ3n) is 6.01. The van der Waals surface area contributed by atoms with Crippen molar-refractivity contribution in [3.63, 3.8) is 0 Å². The van der Waals surface area contributed by atoms with Crippen LogP contribution >= 0.6 is 11.9 Å². The number of benzene rings is 1. The molecule has 25 heavy (non-hydrogen) atoms. The van der Waals surface area contributed by atoms with Crippen molar-refractivity contribution in [3.8, 4) is 0 Å². The Bertz CT molecular complexity index is 621. The quantitative estimate of drug-likeness (QED) is 0.801. The van der Waals surface area contributed by atoms with Crippen LogP contribution in [-0.4, -0.2) is 35.8 Å². The van der Waals surface area contributed by atoms with E-state index in [9.17, 15) is 4.79 Å². The zero-order chi connectivity index (χ0) is 17.2. The second-order valence-electron chi connectivity index (χ2n) is 7.54. The van der Waals surface area contributed by atoms with E-state index in [0.29, 0.717) is 5.25 Å². The summed E-state index contributed by atoms with van der Waals surface area (Å²) in [6.07, 6.45) is 9.33. The minimum absolute atomic E-state index is 0.0441. The van der Waals surface area contributed by atoms with E-state index in [1.54, 1.807) is 11.9 Å². The molecule has 0 radical (unpaired) electrons. The van der Waals surface area contributed by atoms with E-state index in [0.717, 1.165) is 51.0 Å². The second-order valence-corrected chi connectivity index (χ2v) is 8.65. The van der Waals surface area contributed by atoms with Crippen LogP contribution in [0.25, 0.3) is 0 Å². The summed E-state index contributed by atoms with van der Waals surface area (Å²) < 4.78 is 3.06. The fraction of sp³-hybridized carbons (Fsp3) is 0.650. The molecule has 0 spiro atoms. The smallest absolute Gasteiger partial charge is 0.307 e. The van der Waals surface area contributed by atoms with Crippen LogP contribution in [0.2, 0.25) is 0 Å². The summed E-state index contributed by atoms with van der Waals surface area (Å²) in [5.74, 6) is 0. The number of aryl methyl sites for hydroxylation is 2. The Morgan fingerprint density at radius 1 is 1.12 bits per heavy atom. The van der Waals surface area contributed by atoms with Crippen LogP contribution in [0.1, 0.15) is 54.9 Å². The first-order valence-electron chi connectivity index (χ1n) is 9.86. The largest absolute Gasteiger partial charge is 0.329 e. The Morgan fingerprint density at radius 3 is 2.36 bits per heavy atom. The number of fused-ring (bicyclic) bond motifs is 2. The van der Waals surface area contributed by atoms with Gasteiger partial charge in [0.15, 0.2) is 0 Å². The molecule has 136 valence electrons. The summed E-state index contributed by atoms with van der Waals surface area (Å²) in [7, 11) is 0. The molecule has 1 aromatic rings. The Balaban J connectivity index is 1.37. The number of anilines is 1. The summed E-state index contributed by atoms with van der Waals surface area (Å²) in [6, 6.07) is 2.36. The van der Waals surface area contributed by atoms with Gasteiger partial charge in [-0.05, 0) is 105 Å². The average molecular weight is 360 g/mol. The molecule has 4 nitrogen and oxygen atoms in total. The van der Waals surface area contributed by atoms with E-state index < -0.39 is 0 Å². The van der Waals surface area contributed by atoms with Crippen LogP contribution in [0, 0.1) is 0 Å². The second kappa shape index (κ2) is 7.58. The molecule has 1 saturated heterocycles. The third kappa shape index (κ3) is 3.68. The summed E-state index contributed by atoms with van der Waals surface area (Å²) in [6.45, 7) is 5.65. The zero-order valence-corrected chi connectivity index (χ0v) is 16.0. The first kappa shape index (κ1) is 17.2. The molecule has 0 aromatic heterocycles. The molecule has 1 heterocycles. The minimum atomic E-state index is -0.0441. The Kier molecular flexibility index (Phi) is 5.23. The van der Waals surface area contributed by atoms with E-state index in [-0.39, 0.29) is 6.03 Å². The lowest BCUT2D eigenvalue weighted by molar-refractivity contribution is 0.243. The zero-order valence-electron chi connectivity index (χ0n) is 15.2. The predicted molar refractivity (Wildman–Crippen MR) is 105 cm³/mol. The third-order valence-corrected chi connectivity index (χ3v) is 7.12. The molecule has 1 aliphatic heterocycles. The maximum atomic E-state index is 12.5. The van der Waals surface area contributed by atoms with Gasteiger partial charge in [0.2, 0.25) is 0 Å². The van der Waals surface area contributed by atoms with E-state index >= 15 is 0 Å². The van der Waals surface area contributed by atoms with Gasteiger partial charge >= 0.3 is 6.03 Å². The monoisotopic (exact) mass is 359 g/mol. The molecule has 2 N–H and O–H groups in total. The number of rotatable bonds is 4. The van der Waals surface area contributed by atoms with Gasteiger partial charge in [-0.1, -0.05) is 13.0 Å². The molecule has 2 amide bonds. The van der Waals surface area contributed by atoms with Crippen LogP contribution in [0.15, 0.2) is 6.07 Å². The van der Waals surface area contributed by atoms with Crippen molar-refractivity contribution < 1.29 is 4.79 Å². The van der Waals surface area contributed by atoms with Crippen LogP contribution in [0.3, 0.4) is 0 Å². The number of hydrogen-bond donors (Lipinski definition) is 2. The number of urea groups is 1. The van der Waals surface area contributed by atoms with Crippen molar-refractivity contribution in [2.24, 2.45) is 0 Å². The van der Waals surface area contributed by atoms with Crippen LogP contribution < -0.4 is 10.0 Å². The molecule has 3 aliphatic rings. The van der Waals surface area contributed by atoms with E-state index in [1.807, 2.05) is 0 Å². The topological polar surface area (TPSA) is 44.4 Å². The van der Waals surface area contributed by atoms with Gasteiger partial charge in [-0.25, -0.2) is 4.79 Å². The highest BCUT2D eigenvalue weighted by Crippen LogP contribution is 2.38. The molecule has 0 unspecified atom stereocenters. The minimum Gasteiger partial charge on any atom is -0.307 e. The molecule has 1 fully saturated rings. The van der Waals surface area contributed by atoms with Gasteiger partial charge in [-0.15, -0.1) is 0 Å². The molecule has 1 aromatic carbocycles. The van der Waals surface area contributed by atoms with Crippen molar-refractivity contribution in [2.75, 3.05) is 25.0 Å². The standard InChI is InChI=1S/C20H29N3OS/c1-2-23-11-9-16(10-12-23)25-22-20(24)21-19-17-7-3-5-14(17)13-15-6-4-8-18(15)19/h13,16H,2-12H2,1H3,(H2,21,22,24). The normalized spacial score (nSPS) is 20.4. The maximum absolute atomic E-state index is 12.5. The highest BCUT2D eigenvalue weighted by molar-refractivity contribution is 7.98. The van der Waals surface area contributed by atoms with Gasteiger partial charge in [-0.2, -0.15) is 0 Å². The van der Waals surface area contributed by atoms with Crippen molar-refractivity contribution >= 4 is 23.7 Å². The number of nitrogens with one attached hydrogen (secondary N) is 2. The molecule has 0 bridgehead atoms. The molecule has 5 heteroatoms. The van der Waals surface area contributed by atoms with Gasteiger partial charge in [0, 0.05) is 10.9 Å². The fourth-order valence-corrected chi connectivity index (χ4v) is 5.36.